The molecule has 1 aliphatic heterocycles. The molecular weight excluding hydrogens is 346 g/mol. The van der Waals surface area contributed by atoms with Gasteiger partial charge in [-0.05, 0) is 67.3 Å². The lowest BCUT2D eigenvalue weighted by Crippen LogP contribution is -2.34. The summed E-state index contributed by atoms with van der Waals surface area (Å²) in [5.74, 6) is -0.174. The third kappa shape index (κ3) is 2.97. The van der Waals surface area contributed by atoms with Crippen molar-refractivity contribution in [2.75, 3.05) is 4.90 Å². The summed E-state index contributed by atoms with van der Waals surface area (Å²) in [4.78, 5) is 13.5. The van der Waals surface area contributed by atoms with Crippen LogP contribution in [0.15, 0.2) is 78.0 Å². The van der Waals surface area contributed by atoms with Crippen LogP contribution in [-0.4, -0.2) is 10.9 Å². The van der Waals surface area contributed by atoms with Crippen molar-refractivity contribution in [3.05, 3.63) is 89.2 Å². The Morgan fingerprint density at radius 1 is 1.11 bits per heavy atom. The van der Waals surface area contributed by atoms with E-state index in [2.05, 4.69) is 55.2 Å². The SMILES string of the molecule is CC(=O)/C=C(\O)c1ccc(N2C3=C(CCC=C3)C(C)(C)c3ccccc32)cc1. The second-order valence-corrected chi connectivity index (χ2v) is 7.97. The lowest BCUT2D eigenvalue weighted by molar-refractivity contribution is -0.112. The number of aliphatic hydroxyl groups is 1. The Balaban J connectivity index is 1.84. The molecule has 4 rings (SSSR count). The molecule has 2 aromatic carbocycles. The van der Waals surface area contributed by atoms with Crippen molar-refractivity contribution < 1.29 is 9.90 Å². The molecule has 142 valence electrons. The number of benzene rings is 2. The topological polar surface area (TPSA) is 40.5 Å². The number of allylic oxidation sites excluding steroid dienone is 4. The molecule has 2 aliphatic rings. The van der Waals surface area contributed by atoms with Gasteiger partial charge in [-0.15, -0.1) is 0 Å². The maximum Gasteiger partial charge on any atom is 0.156 e. The summed E-state index contributed by atoms with van der Waals surface area (Å²) in [6, 6.07) is 16.3. The van der Waals surface area contributed by atoms with Crippen molar-refractivity contribution in [1.29, 1.82) is 0 Å². The van der Waals surface area contributed by atoms with E-state index in [9.17, 15) is 9.90 Å². The molecule has 1 N–H and O–H groups in total. The van der Waals surface area contributed by atoms with Crippen LogP contribution in [0.25, 0.3) is 5.76 Å². The van der Waals surface area contributed by atoms with Crippen LogP contribution in [0.4, 0.5) is 11.4 Å². The lowest BCUT2D eigenvalue weighted by Gasteiger charge is -2.44. The summed E-state index contributed by atoms with van der Waals surface area (Å²) in [7, 11) is 0. The molecule has 28 heavy (non-hydrogen) atoms. The highest BCUT2D eigenvalue weighted by Crippen LogP contribution is 2.50. The van der Waals surface area contributed by atoms with Crippen LogP contribution in [0.2, 0.25) is 0 Å². The van der Waals surface area contributed by atoms with Crippen LogP contribution in [0.3, 0.4) is 0 Å². The molecule has 2 aromatic rings. The number of anilines is 2. The van der Waals surface area contributed by atoms with E-state index < -0.39 is 0 Å². The van der Waals surface area contributed by atoms with E-state index in [1.807, 2.05) is 24.3 Å². The highest BCUT2D eigenvalue weighted by molar-refractivity contribution is 5.93. The van der Waals surface area contributed by atoms with Crippen molar-refractivity contribution in [2.45, 2.75) is 39.0 Å². The minimum Gasteiger partial charge on any atom is -0.507 e. The average molecular weight is 371 g/mol. The predicted octanol–water partition coefficient (Wildman–Crippen LogP) is 6.21. The van der Waals surface area contributed by atoms with E-state index in [-0.39, 0.29) is 17.0 Å². The van der Waals surface area contributed by atoms with Crippen LogP contribution in [0, 0.1) is 0 Å². The molecule has 0 unspecified atom stereocenters. The van der Waals surface area contributed by atoms with Crippen LogP contribution < -0.4 is 4.90 Å². The number of carbonyl (C=O) groups excluding carboxylic acids is 1. The Kier molecular flexibility index (Phi) is 4.46. The molecule has 0 amide bonds. The normalized spacial score (nSPS) is 18.0. The molecule has 1 heterocycles. The summed E-state index contributed by atoms with van der Waals surface area (Å²) in [5.41, 5.74) is 6.89. The molecule has 0 fully saturated rings. The fourth-order valence-corrected chi connectivity index (χ4v) is 4.32. The number of para-hydroxylation sites is 1. The lowest BCUT2D eigenvalue weighted by atomic mass is 9.70. The molecule has 0 atom stereocenters. The largest absolute Gasteiger partial charge is 0.507 e. The fourth-order valence-electron chi connectivity index (χ4n) is 4.32. The number of carbonyl (C=O) groups is 1. The molecule has 3 nitrogen and oxygen atoms in total. The van der Waals surface area contributed by atoms with Gasteiger partial charge in [0.25, 0.3) is 0 Å². The zero-order valence-electron chi connectivity index (χ0n) is 16.6. The number of nitrogens with zero attached hydrogens (tertiary/aromatic N) is 1. The Labute approximate surface area is 166 Å². The van der Waals surface area contributed by atoms with Crippen LogP contribution in [0.1, 0.15) is 44.7 Å². The van der Waals surface area contributed by atoms with Gasteiger partial charge in [-0.2, -0.15) is 0 Å². The van der Waals surface area contributed by atoms with Crippen molar-refractivity contribution in [2.24, 2.45) is 0 Å². The van der Waals surface area contributed by atoms with Gasteiger partial charge in [0.1, 0.15) is 5.76 Å². The third-order valence-corrected chi connectivity index (χ3v) is 5.72. The first-order valence-electron chi connectivity index (χ1n) is 9.71. The number of fused-ring (bicyclic) bond motifs is 1. The third-order valence-electron chi connectivity index (χ3n) is 5.72. The first-order chi connectivity index (χ1) is 13.4. The van der Waals surface area contributed by atoms with E-state index >= 15 is 0 Å². The van der Waals surface area contributed by atoms with Crippen molar-refractivity contribution in [3.8, 4) is 0 Å². The Morgan fingerprint density at radius 3 is 2.54 bits per heavy atom. The average Bonchev–Trinajstić information content (AvgIpc) is 2.68. The number of hydrogen-bond donors (Lipinski definition) is 1. The minimum absolute atomic E-state index is 0.00306. The molecule has 0 spiro atoms. The Morgan fingerprint density at radius 2 is 1.82 bits per heavy atom. The van der Waals surface area contributed by atoms with Crippen LogP contribution in [0.5, 0.6) is 0 Å². The van der Waals surface area contributed by atoms with Crippen molar-refractivity contribution >= 4 is 22.9 Å². The molecule has 0 aromatic heterocycles. The molecule has 1 aliphatic carbocycles. The van der Waals surface area contributed by atoms with Gasteiger partial charge in [-0.1, -0.05) is 38.1 Å². The fraction of sp³-hybridized carbons (Fsp3) is 0.240. The van der Waals surface area contributed by atoms with Gasteiger partial charge in [-0.3, -0.25) is 4.79 Å². The monoisotopic (exact) mass is 371 g/mol. The molecular formula is C25H25NO2. The minimum atomic E-state index is -0.170. The van der Waals surface area contributed by atoms with E-state index in [0.29, 0.717) is 5.56 Å². The number of hydrogen-bond acceptors (Lipinski definition) is 3. The van der Waals surface area contributed by atoms with Gasteiger partial charge in [0.2, 0.25) is 0 Å². The Hall–Kier alpha value is -3.07. The van der Waals surface area contributed by atoms with Gasteiger partial charge in [0, 0.05) is 28.4 Å². The Bertz CT molecular complexity index is 1020. The highest BCUT2D eigenvalue weighted by atomic mass is 16.3. The standard InChI is InChI=1S/C25H25NO2/c1-17(27)16-24(28)18-12-14-19(15-13-18)26-22-10-6-4-8-20(22)25(2,3)21-9-5-7-11-23(21)26/h4,6-8,10-16,28H,5,9H2,1-3H3/b24-16-. The predicted molar refractivity (Wildman–Crippen MR) is 115 cm³/mol. The number of rotatable bonds is 3. The summed E-state index contributed by atoms with van der Waals surface area (Å²) in [5, 5.41) is 10.1. The maximum absolute atomic E-state index is 11.2. The van der Waals surface area contributed by atoms with Crippen LogP contribution in [-0.2, 0) is 10.2 Å². The van der Waals surface area contributed by atoms with Gasteiger partial charge >= 0.3 is 0 Å². The molecule has 0 saturated carbocycles. The van der Waals surface area contributed by atoms with E-state index in [1.54, 1.807) is 0 Å². The van der Waals surface area contributed by atoms with Crippen molar-refractivity contribution in [1.82, 2.24) is 0 Å². The quantitative estimate of drug-likeness (QED) is 0.515. The van der Waals surface area contributed by atoms with Gasteiger partial charge < -0.3 is 10.0 Å². The molecule has 0 bridgehead atoms. The zero-order valence-corrected chi connectivity index (χ0v) is 16.6. The summed E-state index contributed by atoms with van der Waals surface area (Å²) in [6.45, 7) is 6.05. The summed E-state index contributed by atoms with van der Waals surface area (Å²) in [6.07, 6.45) is 7.85. The zero-order chi connectivity index (χ0) is 19.9. The van der Waals surface area contributed by atoms with Gasteiger partial charge in [-0.25, -0.2) is 0 Å². The molecule has 3 heteroatoms. The van der Waals surface area contributed by atoms with Crippen LogP contribution >= 0.6 is 0 Å². The molecule has 0 saturated heterocycles. The first kappa shape index (κ1) is 18.3. The van der Waals surface area contributed by atoms with E-state index in [4.69, 9.17) is 0 Å². The number of ketones is 1. The van der Waals surface area contributed by atoms with Gasteiger partial charge in [0.15, 0.2) is 5.78 Å². The second kappa shape index (κ2) is 6.83. The maximum atomic E-state index is 11.2. The van der Waals surface area contributed by atoms with Crippen molar-refractivity contribution in [3.63, 3.8) is 0 Å². The van der Waals surface area contributed by atoms with E-state index in [1.165, 1.54) is 35.5 Å². The second-order valence-electron chi connectivity index (χ2n) is 7.97. The summed E-state index contributed by atoms with van der Waals surface area (Å²) < 4.78 is 0. The van der Waals surface area contributed by atoms with E-state index in [0.717, 1.165) is 18.5 Å². The molecule has 0 radical (unpaired) electrons. The summed E-state index contributed by atoms with van der Waals surface area (Å²) >= 11 is 0. The van der Waals surface area contributed by atoms with Gasteiger partial charge in [0.05, 0.1) is 5.69 Å². The number of aliphatic hydroxyl groups excluding tert-OH is 1. The first-order valence-corrected chi connectivity index (χ1v) is 9.71. The highest BCUT2D eigenvalue weighted by Gasteiger charge is 2.38. The smallest absolute Gasteiger partial charge is 0.156 e.